The van der Waals surface area contributed by atoms with Crippen LogP contribution >= 0.6 is 0 Å². The average Bonchev–Trinajstić information content (AvgIpc) is 3.00. The first-order valence-electron chi connectivity index (χ1n) is 10.2. The zero-order valence-electron chi connectivity index (χ0n) is 16.3. The van der Waals surface area contributed by atoms with Crippen LogP contribution < -0.4 is 4.74 Å². The van der Waals surface area contributed by atoms with Gasteiger partial charge in [-0.15, -0.1) is 0 Å². The molecule has 0 saturated carbocycles. The number of nitrogens with zero attached hydrogens (tertiary/aromatic N) is 3. The average molecular weight is 373 g/mol. The van der Waals surface area contributed by atoms with E-state index >= 15 is 0 Å². The van der Waals surface area contributed by atoms with Crippen LogP contribution in [0, 0.1) is 5.92 Å². The number of fused-ring (bicyclic) bond motifs is 4. The predicted octanol–water partition coefficient (Wildman–Crippen LogP) is 1.45. The maximum atomic E-state index is 12.7. The molecule has 1 amide bonds. The van der Waals surface area contributed by atoms with Gasteiger partial charge in [0.15, 0.2) is 0 Å². The quantitative estimate of drug-likeness (QED) is 0.782. The summed E-state index contributed by atoms with van der Waals surface area (Å²) in [5, 5.41) is 0. The van der Waals surface area contributed by atoms with E-state index in [2.05, 4.69) is 21.9 Å². The molecule has 4 fully saturated rings. The highest BCUT2D eigenvalue weighted by Crippen LogP contribution is 2.29. The standard InChI is InChI=1S/C21H31N3O3/c1-26-20-6-3-17(4-7-20)12-22-13-18-2-5-19(15-22)24(14-18)16-21(25)23-8-10-27-11-9-23/h3-4,6-7,18-19H,2,5,8-16H2,1H3/t18-,19+/m0/s1. The minimum Gasteiger partial charge on any atom is -0.497 e. The smallest absolute Gasteiger partial charge is 0.236 e. The second-order valence-electron chi connectivity index (χ2n) is 8.06. The number of carbonyl (C=O) groups is 1. The third-order valence-electron chi connectivity index (χ3n) is 6.17. The van der Waals surface area contributed by atoms with Gasteiger partial charge in [-0.05, 0) is 36.5 Å². The first-order chi connectivity index (χ1) is 13.2. The number of hydrogen-bond donors (Lipinski definition) is 0. The lowest BCUT2D eigenvalue weighted by Gasteiger charge is -2.37. The van der Waals surface area contributed by atoms with Crippen LogP contribution in [0.2, 0.25) is 0 Å². The van der Waals surface area contributed by atoms with Gasteiger partial charge in [-0.25, -0.2) is 0 Å². The molecule has 0 N–H and O–H groups in total. The Morgan fingerprint density at radius 2 is 1.89 bits per heavy atom. The molecule has 2 bridgehead atoms. The number of methoxy groups -OCH3 is 1. The summed E-state index contributed by atoms with van der Waals surface area (Å²) in [6.07, 6.45) is 2.49. The first-order valence-corrected chi connectivity index (χ1v) is 10.2. The van der Waals surface area contributed by atoms with Crippen LogP contribution in [0.5, 0.6) is 5.75 Å². The molecule has 0 aromatic heterocycles. The van der Waals surface area contributed by atoms with Crippen molar-refractivity contribution in [3.8, 4) is 5.75 Å². The number of morpholine rings is 1. The van der Waals surface area contributed by atoms with Crippen LogP contribution in [0.3, 0.4) is 0 Å². The number of rotatable bonds is 5. The van der Waals surface area contributed by atoms with Crippen molar-refractivity contribution in [2.75, 3.05) is 59.6 Å². The summed E-state index contributed by atoms with van der Waals surface area (Å²) in [6, 6.07) is 8.88. The van der Waals surface area contributed by atoms with E-state index in [1.807, 2.05) is 17.0 Å². The number of hydrogen-bond acceptors (Lipinski definition) is 5. The Morgan fingerprint density at radius 3 is 2.63 bits per heavy atom. The van der Waals surface area contributed by atoms with E-state index in [-0.39, 0.29) is 5.91 Å². The molecule has 148 valence electrons. The van der Waals surface area contributed by atoms with Crippen molar-refractivity contribution in [1.82, 2.24) is 14.7 Å². The highest BCUT2D eigenvalue weighted by atomic mass is 16.5. The topological polar surface area (TPSA) is 45.2 Å². The molecule has 0 radical (unpaired) electrons. The summed E-state index contributed by atoms with van der Waals surface area (Å²) in [6.45, 7) is 7.61. The van der Waals surface area contributed by atoms with E-state index in [4.69, 9.17) is 9.47 Å². The molecule has 6 heteroatoms. The van der Waals surface area contributed by atoms with Crippen molar-refractivity contribution in [3.63, 3.8) is 0 Å². The molecule has 1 aromatic rings. The number of piperidine rings is 1. The van der Waals surface area contributed by atoms with Crippen molar-refractivity contribution >= 4 is 5.91 Å². The van der Waals surface area contributed by atoms with Crippen LogP contribution in [-0.2, 0) is 16.1 Å². The highest BCUT2D eigenvalue weighted by Gasteiger charge is 2.36. The number of benzene rings is 1. The molecule has 6 nitrogen and oxygen atoms in total. The lowest BCUT2D eigenvalue weighted by Crippen LogP contribution is -2.51. The molecule has 0 aliphatic carbocycles. The summed E-state index contributed by atoms with van der Waals surface area (Å²) < 4.78 is 10.6. The molecule has 4 aliphatic heterocycles. The van der Waals surface area contributed by atoms with E-state index in [0.29, 0.717) is 31.7 Å². The van der Waals surface area contributed by atoms with Gasteiger partial charge in [0.25, 0.3) is 0 Å². The highest BCUT2D eigenvalue weighted by molar-refractivity contribution is 5.78. The van der Waals surface area contributed by atoms with Crippen LogP contribution in [0.4, 0.5) is 0 Å². The van der Waals surface area contributed by atoms with E-state index < -0.39 is 0 Å². The molecule has 5 rings (SSSR count). The van der Waals surface area contributed by atoms with Crippen LogP contribution in [0.15, 0.2) is 24.3 Å². The summed E-state index contributed by atoms with van der Waals surface area (Å²) in [5.74, 6) is 1.84. The molecule has 2 atom stereocenters. The van der Waals surface area contributed by atoms with E-state index in [1.165, 1.54) is 18.4 Å². The third kappa shape index (κ3) is 4.62. The van der Waals surface area contributed by atoms with Gasteiger partial charge in [0.1, 0.15) is 5.75 Å². The van der Waals surface area contributed by atoms with E-state index in [9.17, 15) is 4.79 Å². The van der Waals surface area contributed by atoms with Crippen molar-refractivity contribution < 1.29 is 14.3 Å². The van der Waals surface area contributed by atoms with Gasteiger partial charge in [-0.2, -0.15) is 0 Å². The summed E-state index contributed by atoms with van der Waals surface area (Å²) in [5.41, 5.74) is 1.33. The first kappa shape index (κ1) is 18.7. The van der Waals surface area contributed by atoms with Gasteiger partial charge in [0, 0.05) is 45.3 Å². The Bertz CT molecular complexity index is 630. The van der Waals surface area contributed by atoms with Gasteiger partial charge >= 0.3 is 0 Å². The van der Waals surface area contributed by atoms with Gasteiger partial charge in [-0.1, -0.05) is 12.1 Å². The summed E-state index contributed by atoms with van der Waals surface area (Å²) in [7, 11) is 1.70. The van der Waals surface area contributed by atoms with E-state index in [1.54, 1.807) is 7.11 Å². The minimum absolute atomic E-state index is 0.271. The molecule has 4 heterocycles. The van der Waals surface area contributed by atoms with Crippen molar-refractivity contribution in [3.05, 3.63) is 29.8 Å². The zero-order valence-corrected chi connectivity index (χ0v) is 16.3. The fraction of sp³-hybridized carbons (Fsp3) is 0.667. The maximum Gasteiger partial charge on any atom is 0.236 e. The Morgan fingerprint density at radius 1 is 1.11 bits per heavy atom. The monoisotopic (exact) mass is 373 g/mol. The second-order valence-corrected chi connectivity index (χ2v) is 8.06. The second kappa shape index (κ2) is 8.59. The van der Waals surface area contributed by atoms with Gasteiger partial charge in [0.05, 0.1) is 26.9 Å². The molecular formula is C21H31N3O3. The van der Waals surface area contributed by atoms with Crippen molar-refractivity contribution in [2.45, 2.75) is 25.4 Å². The Labute approximate surface area is 162 Å². The molecule has 4 saturated heterocycles. The SMILES string of the molecule is COc1ccc(CN2C[C@@H]3CC[C@H](C2)N(CC(=O)N2CCOCC2)C3)cc1. The van der Waals surface area contributed by atoms with Crippen LogP contribution in [-0.4, -0.2) is 86.2 Å². The lowest BCUT2D eigenvalue weighted by molar-refractivity contribution is -0.137. The molecule has 1 aromatic carbocycles. The molecule has 4 aliphatic rings. The minimum atomic E-state index is 0.271. The normalized spacial score (nSPS) is 26.8. The van der Waals surface area contributed by atoms with Crippen LogP contribution in [0.25, 0.3) is 0 Å². The largest absolute Gasteiger partial charge is 0.497 e. The molecule has 27 heavy (non-hydrogen) atoms. The Balaban J connectivity index is 1.35. The van der Waals surface area contributed by atoms with Crippen molar-refractivity contribution in [1.29, 1.82) is 0 Å². The number of amides is 1. The Kier molecular flexibility index (Phi) is 5.95. The van der Waals surface area contributed by atoms with Crippen LogP contribution in [0.1, 0.15) is 18.4 Å². The van der Waals surface area contributed by atoms with Gasteiger partial charge in [0.2, 0.25) is 5.91 Å². The van der Waals surface area contributed by atoms with Crippen molar-refractivity contribution in [2.24, 2.45) is 5.92 Å². The third-order valence-corrected chi connectivity index (χ3v) is 6.17. The lowest BCUT2D eigenvalue weighted by atomic mass is 9.95. The number of carbonyl (C=O) groups excluding carboxylic acids is 1. The fourth-order valence-corrected chi connectivity index (χ4v) is 4.67. The summed E-state index contributed by atoms with van der Waals surface area (Å²) >= 11 is 0. The Hall–Kier alpha value is -1.63. The van der Waals surface area contributed by atoms with Gasteiger partial charge in [-0.3, -0.25) is 14.6 Å². The zero-order chi connectivity index (χ0) is 18.6. The molecular weight excluding hydrogens is 342 g/mol. The fourth-order valence-electron chi connectivity index (χ4n) is 4.67. The predicted molar refractivity (Wildman–Crippen MR) is 104 cm³/mol. The number of ether oxygens (including phenoxy) is 2. The molecule has 0 spiro atoms. The molecule has 0 unspecified atom stereocenters. The van der Waals surface area contributed by atoms with Gasteiger partial charge < -0.3 is 14.4 Å². The maximum absolute atomic E-state index is 12.7. The summed E-state index contributed by atoms with van der Waals surface area (Å²) in [4.78, 5) is 19.7. The van der Waals surface area contributed by atoms with E-state index in [0.717, 1.165) is 45.0 Å².